The van der Waals surface area contributed by atoms with Gasteiger partial charge in [-0.3, -0.25) is 4.98 Å². The van der Waals surface area contributed by atoms with E-state index in [1.165, 1.54) is 41.7 Å². The number of pyridine rings is 1. The summed E-state index contributed by atoms with van der Waals surface area (Å²) < 4.78 is 74.7. The highest BCUT2D eigenvalue weighted by atomic mass is 32.2. The number of rotatable bonds is 8. The lowest BCUT2D eigenvalue weighted by Gasteiger charge is -2.14. The fourth-order valence-corrected chi connectivity index (χ4v) is 6.25. The van der Waals surface area contributed by atoms with Crippen molar-refractivity contribution in [2.45, 2.75) is 31.8 Å². The Morgan fingerprint density at radius 2 is 1.74 bits per heavy atom. The van der Waals surface area contributed by atoms with Gasteiger partial charge in [-0.05, 0) is 69.3 Å². The lowest BCUT2D eigenvalue weighted by molar-refractivity contribution is -0.141. The summed E-state index contributed by atoms with van der Waals surface area (Å²) in [6, 6.07) is 15.5. The number of carbonyl (C=O) groups is 1. The van der Waals surface area contributed by atoms with Crippen molar-refractivity contribution < 1.29 is 31.1 Å². The van der Waals surface area contributed by atoms with E-state index in [0.29, 0.717) is 22.2 Å². The maximum atomic E-state index is 13.6. The van der Waals surface area contributed by atoms with Crippen molar-refractivity contribution in [3.8, 4) is 16.9 Å². The van der Waals surface area contributed by atoms with Crippen molar-refractivity contribution >= 4 is 38.5 Å². The molecule has 4 aromatic heterocycles. The Labute approximate surface area is 266 Å². The molecule has 0 fully saturated rings. The Hall–Kier alpha value is -5.57. The quantitative estimate of drug-likeness (QED) is 0.182. The van der Waals surface area contributed by atoms with Crippen LogP contribution in [0, 0.1) is 13.8 Å². The molecule has 11 nitrogen and oxygen atoms in total. The monoisotopic (exact) mass is 661 g/mol. The second-order valence-electron chi connectivity index (χ2n) is 10.5. The van der Waals surface area contributed by atoms with Gasteiger partial charge >= 0.3 is 12.1 Å². The van der Waals surface area contributed by atoms with Gasteiger partial charge in [0.2, 0.25) is 5.95 Å². The Balaban J connectivity index is 1.39. The van der Waals surface area contributed by atoms with Crippen LogP contribution in [0.1, 0.15) is 34.2 Å². The molecule has 1 N–H and O–H groups in total. The predicted molar refractivity (Wildman–Crippen MR) is 167 cm³/mol. The molecule has 0 saturated carbocycles. The fraction of sp³-hybridized carbons (Fsp3) is 0.156. The zero-order valence-corrected chi connectivity index (χ0v) is 26.0. The number of carbonyl (C=O) groups excluding carboxylic acids is 1. The highest BCUT2D eigenvalue weighted by Gasteiger charge is 2.35. The first-order valence-electron chi connectivity index (χ1n) is 14.2. The molecule has 0 saturated heterocycles. The summed E-state index contributed by atoms with van der Waals surface area (Å²) in [6.45, 7) is 5.13. The number of fused-ring (bicyclic) bond motifs is 1. The van der Waals surface area contributed by atoms with E-state index < -0.39 is 27.9 Å². The van der Waals surface area contributed by atoms with Crippen molar-refractivity contribution in [1.82, 2.24) is 28.7 Å². The molecule has 4 heterocycles. The van der Waals surface area contributed by atoms with E-state index in [0.717, 1.165) is 16.3 Å². The minimum absolute atomic E-state index is 0.00488. The molecule has 0 bridgehead atoms. The first-order valence-corrected chi connectivity index (χ1v) is 15.6. The number of nitrogens with one attached hydrogen (secondary N) is 1. The molecule has 2 aromatic carbocycles. The number of ether oxygens (including phenoxy) is 1. The molecule has 240 valence electrons. The zero-order chi connectivity index (χ0) is 33.5. The van der Waals surface area contributed by atoms with Gasteiger partial charge in [0.25, 0.3) is 10.0 Å². The van der Waals surface area contributed by atoms with Crippen LogP contribution < -0.4 is 5.32 Å². The van der Waals surface area contributed by atoms with Crippen molar-refractivity contribution in [3.05, 3.63) is 108 Å². The Morgan fingerprint density at radius 3 is 2.45 bits per heavy atom. The van der Waals surface area contributed by atoms with E-state index in [1.807, 2.05) is 6.92 Å². The number of halogens is 3. The van der Waals surface area contributed by atoms with Gasteiger partial charge in [-0.1, -0.05) is 17.7 Å². The van der Waals surface area contributed by atoms with Crippen LogP contribution in [-0.2, 0) is 20.9 Å². The molecule has 0 spiro atoms. The number of benzene rings is 2. The van der Waals surface area contributed by atoms with Crippen LogP contribution in [0.25, 0.3) is 27.8 Å². The number of alkyl halides is 3. The SMILES string of the molecule is CCOC(=O)c1cncc(-c2cnc(Nc3ccc4c(ccn4S(=O)(=O)c4ccc(C)cc4)c3)nc2-n2nc(C(F)(F)F)cc2C)c1. The average molecular weight is 662 g/mol. The van der Waals surface area contributed by atoms with Gasteiger partial charge in [0, 0.05) is 52.7 Å². The molecule has 0 aliphatic carbocycles. The first-order chi connectivity index (χ1) is 22.3. The van der Waals surface area contributed by atoms with E-state index in [2.05, 4.69) is 25.4 Å². The summed E-state index contributed by atoms with van der Waals surface area (Å²) >= 11 is 0. The highest BCUT2D eigenvalue weighted by molar-refractivity contribution is 7.90. The number of hydrogen-bond donors (Lipinski definition) is 1. The Morgan fingerprint density at radius 1 is 0.979 bits per heavy atom. The summed E-state index contributed by atoms with van der Waals surface area (Å²) in [5.74, 6) is -0.601. The van der Waals surface area contributed by atoms with Gasteiger partial charge in [-0.2, -0.15) is 23.3 Å². The molecule has 0 aliphatic rings. The van der Waals surface area contributed by atoms with Gasteiger partial charge in [0.15, 0.2) is 11.5 Å². The van der Waals surface area contributed by atoms with Gasteiger partial charge in [-0.15, -0.1) is 0 Å². The third kappa shape index (κ3) is 6.16. The van der Waals surface area contributed by atoms with Crippen LogP contribution in [0.4, 0.5) is 24.8 Å². The van der Waals surface area contributed by atoms with E-state index in [9.17, 15) is 26.4 Å². The van der Waals surface area contributed by atoms with Gasteiger partial charge < -0.3 is 10.1 Å². The van der Waals surface area contributed by atoms with E-state index >= 15 is 0 Å². The molecule has 0 amide bonds. The molecule has 15 heteroatoms. The van der Waals surface area contributed by atoms with Crippen molar-refractivity contribution in [3.63, 3.8) is 0 Å². The maximum Gasteiger partial charge on any atom is 0.435 e. The van der Waals surface area contributed by atoms with Crippen molar-refractivity contribution in [2.24, 2.45) is 0 Å². The van der Waals surface area contributed by atoms with Crippen LogP contribution in [-0.4, -0.2) is 49.7 Å². The standard InChI is InChI=1S/C32H26F3N7O4S/c1-4-46-30(43)23-14-22(16-36-17-23)26-18-37-31(39-29(26)42-20(3)13-28(40-42)32(33,34)35)38-24-7-10-27-21(15-24)11-12-41(27)47(44,45)25-8-5-19(2)6-9-25/h5-18H,4H2,1-3H3,(H,37,38,39). The van der Waals surface area contributed by atoms with Gasteiger partial charge in [0.05, 0.1) is 22.6 Å². The lowest BCUT2D eigenvalue weighted by Crippen LogP contribution is -2.12. The van der Waals surface area contributed by atoms with Crippen LogP contribution in [0.15, 0.2) is 90.3 Å². The van der Waals surface area contributed by atoms with E-state index in [1.54, 1.807) is 55.5 Å². The number of aryl methyl sites for hydroxylation is 2. The molecule has 0 radical (unpaired) electrons. The average Bonchev–Trinajstić information content (AvgIpc) is 3.65. The molecule has 0 aliphatic heterocycles. The minimum atomic E-state index is -4.70. The van der Waals surface area contributed by atoms with Gasteiger partial charge in [0.1, 0.15) is 0 Å². The maximum absolute atomic E-state index is 13.6. The summed E-state index contributed by atoms with van der Waals surface area (Å²) in [4.78, 5) is 25.5. The molecule has 0 unspecified atom stereocenters. The fourth-order valence-electron chi connectivity index (χ4n) is 4.90. The highest BCUT2D eigenvalue weighted by Crippen LogP contribution is 2.33. The molecular formula is C32H26F3N7O4S. The second-order valence-corrected chi connectivity index (χ2v) is 12.3. The third-order valence-corrected chi connectivity index (χ3v) is 8.90. The summed E-state index contributed by atoms with van der Waals surface area (Å²) in [5.41, 5.74) is 1.63. The smallest absolute Gasteiger partial charge is 0.435 e. The second kappa shape index (κ2) is 12.0. The normalized spacial score (nSPS) is 12.0. The first kappa shape index (κ1) is 31.4. The van der Waals surface area contributed by atoms with Crippen LogP contribution in [0.2, 0.25) is 0 Å². The minimum Gasteiger partial charge on any atom is -0.462 e. The molecule has 6 aromatic rings. The Bertz CT molecular complexity index is 2250. The number of anilines is 2. The number of esters is 1. The number of nitrogens with zero attached hydrogens (tertiary/aromatic N) is 6. The van der Waals surface area contributed by atoms with Crippen LogP contribution in [0.5, 0.6) is 0 Å². The van der Waals surface area contributed by atoms with Crippen molar-refractivity contribution in [1.29, 1.82) is 0 Å². The number of hydrogen-bond acceptors (Lipinski definition) is 9. The third-order valence-electron chi connectivity index (χ3n) is 7.20. The topological polar surface area (TPSA) is 134 Å². The summed E-state index contributed by atoms with van der Waals surface area (Å²) in [6.07, 6.45) is 0.881. The van der Waals surface area contributed by atoms with Crippen molar-refractivity contribution in [2.75, 3.05) is 11.9 Å². The van der Waals surface area contributed by atoms with E-state index in [4.69, 9.17) is 4.74 Å². The lowest BCUT2D eigenvalue weighted by atomic mass is 10.1. The predicted octanol–water partition coefficient (Wildman–Crippen LogP) is 6.47. The number of aromatic nitrogens is 6. The summed E-state index contributed by atoms with van der Waals surface area (Å²) in [5, 5.41) is 7.41. The Kier molecular flexibility index (Phi) is 8.01. The summed E-state index contributed by atoms with van der Waals surface area (Å²) in [7, 11) is -3.85. The van der Waals surface area contributed by atoms with Crippen LogP contribution in [0.3, 0.4) is 0 Å². The van der Waals surface area contributed by atoms with Crippen LogP contribution >= 0.6 is 0 Å². The van der Waals surface area contributed by atoms with Gasteiger partial charge in [-0.25, -0.2) is 26.9 Å². The van der Waals surface area contributed by atoms with E-state index in [-0.39, 0.29) is 40.1 Å². The molecule has 0 atom stereocenters. The molecule has 6 rings (SSSR count). The molecule has 47 heavy (non-hydrogen) atoms. The molecular weight excluding hydrogens is 635 g/mol. The largest absolute Gasteiger partial charge is 0.462 e. The zero-order valence-electron chi connectivity index (χ0n) is 25.1.